The number of carbonyl (C=O) groups excluding carboxylic acids is 4. The molecule has 4 aliphatic rings. The molecule has 4 amide bonds. The summed E-state index contributed by atoms with van der Waals surface area (Å²) in [6, 6.07) is 18.5. The van der Waals surface area contributed by atoms with Crippen LogP contribution in [0.3, 0.4) is 0 Å². The molecule has 1 saturated carbocycles. The molecular weight excluding hydrogens is 815 g/mol. The summed E-state index contributed by atoms with van der Waals surface area (Å²) in [6.45, 7) is 0. The zero-order valence-electron chi connectivity index (χ0n) is 31.3. The SMILES string of the molecule is CN(C)c1c([N+](=O)[O-])cc(N2C(=O)[C@H]3[C@H](CC=C4[C@H]3C[C@H]3C(=O)N(c5cccc(Cl)c5)C(=O)[C@@]3(c3ccccc3)[C@H]4c3cc(OC(F)(F)F)ccc3O)C2=O)cc1[N+](=O)[O-]. The minimum atomic E-state index is -5.17. The van der Waals surface area contributed by atoms with E-state index in [0.717, 1.165) is 40.1 Å². The Morgan fingerprint density at radius 1 is 0.833 bits per heavy atom. The van der Waals surface area contributed by atoms with E-state index >= 15 is 4.79 Å². The van der Waals surface area contributed by atoms with E-state index in [1.165, 1.54) is 38.4 Å². The van der Waals surface area contributed by atoms with Crippen molar-refractivity contribution in [3.63, 3.8) is 0 Å². The van der Waals surface area contributed by atoms with E-state index < -0.39 is 103 Å². The number of rotatable bonds is 8. The first-order chi connectivity index (χ1) is 28.4. The molecule has 2 aliphatic carbocycles. The number of anilines is 3. The maximum Gasteiger partial charge on any atom is 0.573 e. The Kier molecular flexibility index (Phi) is 9.45. The van der Waals surface area contributed by atoms with E-state index in [4.69, 9.17) is 11.6 Å². The fraction of sp³-hybridized carbons (Fsp3) is 0.268. The van der Waals surface area contributed by atoms with E-state index in [1.54, 1.807) is 36.4 Å². The molecule has 0 unspecified atom stereocenters. The molecule has 8 rings (SSSR count). The highest BCUT2D eigenvalue weighted by atomic mass is 35.5. The van der Waals surface area contributed by atoms with E-state index in [-0.39, 0.29) is 45.9 Å². The summed E-state index contributed by atoms with van der Waals surface area (Å²) < 4.78 is 45.2. The van der Waals surface area contributed by atoms with Gasteiger partial charge in [-0.3, -0.25) is 39.4 Å². The Balaban J connectivity index is 1.35. The van der Waals surface area contributed by atoms with Crippen LogP contribution >= 0.6 is 11.6 Å². The molecule has 0 aromatic heterocycles. The fourth-order valence-corrected chi connectivity index (χ4v) is 9.94. The van der Waals surface area contributed by atoms with Crippen LogP contribution in [0.2, 0.25) is 5.02 Å². The summed E-state index contributed by atoms with van der Waals surface area (Å²) in [6.07, 6.45) is -4.05. The number of alkyl halides is 3. The predicted octanol–water partition coefficient (Wildman–Crippen LogP) is 7.19. The van der Waals surface area contributed by atoms with Gasteiger partial charge in [-0.1, -0.05) is 59.6 Å². The number of carbonyl (C=O) groups is 4. The number of ether oxygens (including phenoxy) is 1. The first kappa shape index (κ1) is 40.0. The lowest BCUT2D eigenvalue weighted by atomic mass is 9.49. The van der Waals surface area contributed by atoms with Gasteiger partial charge in [0.25, 0.3) is 0 Å². The number of nitro benzene ring substituents is 2. The van der Waals surface area contributed by atoms with Crippen LogP contribution in [0.5, 0.6) is 11.5 Å². The van der Waals surface area contributed by atoms with Gasteiger partial charge in [-0.2, -0.15) is 0 Å². The van der Waals surface area contributed by atoms with Crippen LogP contribution in [-0.4, -0.2) is 59.0 Å². The molecule has 0 bridgehead atoms. The average molecular weight is 846 g/mol. The van der Waals surface area contributed by atoms with Crippen molar-refractivity contribution in [2.24, 2.45) is 23.7 Å². The zero-order valence-corrected chi connectivity index (χ0v) is 32.1. The number of amides is 4. The summed E-state index contributed by atoms with van der Waals surface area (Å²) in [5, 5.41) is 36.2. The number of halogens is 4. The van der Waals surface area contributed by atoms with Gasteiger partial charge in [0.1, 0.15) is 11.5 Å². The molecule has 6 atom stereocenters. The van der Waals surface area contributed by atoms with Crippen LogP contribution in [0, 0.1) is 43.9 Å². The monoisotopic (exact) mass is 845 g/mol. The largest absolute Gasteiger partial charge is 0.573 e. The molecule has 4 aromatic rings. The van der Waals surface area contributed by atoms with Crippen molar-refractivity contribution < 1.29 is 52.0 Å². The van der Waals surface area contributed by atoms with Gasteiger partial charge in [0.05, 0.1) is 44.4 Å². The van der Waals surface area contributed by atoms with Gasteiger partial charge in [-0.05, 0) is 60.7 Å². The highest BCUT2D eigenvalue weighted by molar-refractivity contribution is 6.32. The van der Waals surface area contributed by atoms with Gasteiger partial charge < -0.3 is 14.7 Å². The Morgan fingerprint density at radius 3 is 2.10 bits per heavy atom. The van der Waals surface area contributed by atoms with Crippen LogP contribution in [0.1, 0.15) is 29.9 Å². The van der Waals surface area contributed by atoms with Crippen LogP contribution in [0.15, 0.2) is 96.6 Å². The maximum absolute atomic E-state index is 15.4. The van der Waals surface area contributed by atoms with Crippen molar-refractivity contribution in [3.05, 3.63) is 133 Å². The highest BCUT2D eigenvalue weighted by Gasteiger charge is 2.70. The van der Waals surface area contributed by atoms with Gasteiger partial charge in [0.15, 0.2) is 5.69 Å². The molecule has 0 spiro atoms. The number of hydrogen-bond acceptors (Lipinski definition) is 11. The van der Waals surface area contributed by atoms with Gasteiger partial charge in [-0.15, -0.1) is 13.2 Å². The van der Waals surface area contributed by atoms with Gasteiger partial charge in [0, 0.05) is 42.7 Å². The van der Waals surface area contributed by atoms with E-state index in [9.17, 15) is 52.9 Å². The Bertz CT molecular complexity index is 2550. The molecule has 4 aromatic carbocycles. The van der Waals surface area contributed by atoms with Crippen molar-refractivity contribution in [2.75, 3.05) is 28.8 Å². The van der Waals surface area contributed by atoms with E-state index in [2.05, 4.69) is 4.74 Å². The quantitative estimate of drug-likeness (QED) is 0.0816. The van der Waals surface area contributed by atoms with Crippen LogP contribution in [0.4, 0.5) is 41.6 Å². The minimum absolute atomic E-state index is 0.0804. The first-order valence-electron chi connectivity index (χ1n) is 18.4. The summed E-state index contributed by atoms with van der Waals surface area (Å²) >= 11 is 6.32. The van der Waals surface area contributed by atoms with Gasteiger partial charge in [-0.25, -0.2) is 9.80 Å². The molecule has 19 heteroatoms. The predicted molar refractivity (Wildman–Crippen MR) is 207 cm³/mol. The standard InChI is InChI=1S/C41H31ClF3N5O10/c1-46(2)35-30(49(56)57)16-23(17-31(35)50(58)59)47-36(52)26-13-12-25-27(33(26)38(47)54)19-29-37(53)48(22-10-6-9-21(42)15-22)39(55)40(29,20-7-4-3-5-8-20)34(25)28-18-24(11-14-32(28)51)60-41(43,44)45/h3-12,14-18,26-27,29,33-34,51H,13,19H2,1-2H3/t26-,27+,29-,33-,34+,40+/m0/s1. The summed E-state index contributed by atoms with van der Waals surface area (Å²) in [5.41, 5.74) is -3.94. The Hall–Kier alpha value is -6.82. The zero-order chi connectivity index (χ0) is 43.2. The molecule has 1 N–H and O–H groups in total. The number of imide groups is 2. The van der Waals surface area contributed by atoms with Crippen LogP contribution in [0.25, 0.3) is 0 Å². The maximum atomic E-state index is 15.4. The molecule has 15 nitrogen and oxygen atoms in total. The van der Waals surface area contributed by atoms with Crippen molar-refractivity contribution in [1.29, 1.82) is 0 Å². The van der Waals surface area contributed by atoms with Gasteiger partial charge in [0.2, 0.25) is 23.6 Å². The smallest absolute Gasteiger partial charge is 0.508 e. The molecule has 2 aliphatic heterocycles. The Labute approximate surface area is 342 Å². The summed E-state index contributed by atoms with van der Waals surface area (Å²) in [5.74, 6) is -11.0. The Morgan fingerprint density at radius 2 is 1.50 bits per heavy atom. The molecular formula is C41H31ClF3N5O10. The highest BCUT2D eigenvalue weighted by Crippen LogP contribution is 2.65. The third kappa shape index (κ3) is 6.03. The molecule has 2 saturated heterocycles. The summed E-state index contributed by atoms with van der Waals surface area (Å²) in [4.78, 5) is 84.9. The number of nitrogens with zero attached hydrogens (tertiary/aromatic N) is 5. The number of allylic oxidation sites excluding steroid dienone is 2. The van der Waals surface area contributed by atoms with Crippen LogP contribution in [-0.2, 0) is 24.6 Å². The molecule has 308 valence electrons. The third-order valence-corrected chi connectivity index (χ3v) is 12.1. The number of benzene rings is 4. The first-order valence-corrected chi connectivity index (χ1v) is 18.7. The number of aromatic hydroxyl groups is 1. The fourth-order valence-electron chi connectivity index (χ4n) is 9.76. The normalized spacial score (nSPS) is 24.8. The van der Waals surface area contributed by atoms with Crippen molar-refractivity contribution in [2.45, 2.75) is 30.5 Å². The van der Waals surface area contributed by atoms with E-state index in [0.29, 0.717) is 4.90 Å². The lowest BCUT2D eigenvalue weighted by molar-refractivity contribution is -0.392. The molecule has 0 radical (unpaired) electrons. The van der Waals surface area contributed by atoms with Crippen LogP contribution < -0.4 is 19.4 Å². The molecule has 60 heavy (non-hydrogen) atoms. The minimum Gasteiger partial charge on any atom is -0.508 e. The summed E-state index contributed by atoms with van der Waals surface area (Å²) in [7, 11) is 2.70. The molecule has 3 fully saturated rings. The lowest BCUT2D eigenvalue weighted by Crippen LogP contribution is -2.53. The average Bonchev–Trinajstić information content (AvgIpc) is 3.58. The second kappa shape index (κ2) is 14.2. The van der Waals surface area contributed by atoms with Crippen molar-refractivity contribution in [3.8, 4) is 11.5 Å². The van der Waals surface area contributed by atoms with Gasteiger partial charge >= 0.3 is 17.7 Å². The second-order valence-corrected chi connectivity index (χ2v) is 15.6. The molecule has 2 heterocycles. The van der Waals surface area contributed by atoms with Crippen molar-refractivity contribution in [1.82, 2.24) is 0 Å². The van der Waals surface area contributed by atoms with E-state index in [1.807, 2.05) is 0 Å². The number of hydrogen-bond donors (Lipinski definition) is 1. The number of phenols is 1. The number of fused-ring (bicyclic) bond motifs is 4. The number of nitro groups is 2. The second-order valence-electron chi connectivity index (χ2n) is 15.1. The van der Waals surface area contributed by atoms with Crippen molar-refractivity contribution >= 4 is 63.7 Å². The lowest BCUT2D eigenvalue weighted by Gasteiger charge is -2.50. The number of phenolic OH excluding ortho intramolecular Hbond substituents is 1. The third-order valence-electron chi connectivity index (χ3n) is 11.9. The topological polar surface area (TPSA) is 194 Å².